The summed E-state index contributed by atoms with van der Waals surface area (Å²) in [6.45, 7) is 3.14. The van der Waals surface area contributed by atoms with E-state index in [1.807, 2.05) is 12.4 Å². The van der Waals surface area contributed by atoms with Gasteiger partial charge in [-0.3, -0.25) is 0 Å². The molecule has 0 fully saturated rings. The molecule has 5 nitrogen and oxygen atoms in total. The average molecular weight is 177 g/mol. The fraction of sp³-hybridized carbons (Fsp3) is 0.857. The molecule has 0 aromatic heterocycles. The minimum Gasteiger partial charge on any atom is -0.375 e. The zero-order valence-corrected chi connectivity index (χ0v) is 7.16. The fourth-order valence-corrected chi connectivity index (χ4v) is 0.627. The van der Waals surface area contributed by atoms with Crippen molar-refractivity contribution < 1.29 is 19.5 Å². The van der Waals surface area contributed by atoms with E-state index >= 15 is 0 Å². The number of carbonyl (C=O) groups is 1. The Morgan fingerprint density at radius 1 is 1.58 bits per heavy atom. The summed E-state index contributed by atoms with van der Waals surface area (Å²) < 4.78 is 10.0. The zero-order chi connectivity index (χ0) is 9.23. The Morgan fingerprint density at radius 2 is 2.33 bits per heavy atom. The number of hydroxylamine groups is 1. The van der Waals surface area contributed by atoms with Crippen LogP contribution in [0.5, 0.6) is 0 Å². The molecule has 2 N–H and O–H groups in total. The number of aldehydes is 1. The van der Waals surface area contributed by atoms with Gasteiger partial charge in [-0.25, -0.2) is 5.48 Å². The molecule has 0 heterocycles. The van der Waals surface area contributed by atoms with E-state index in [-0.39, 0.29) is 12.7 Å². The summed E-state index contributed by atoms with van der Waals surface area (Å²) in [4.78, 5) is 9.80. The van der Waals surface area contributed by atoms with Crippen LogP contribution >= 0.6 is 0 Å². The van der Waals surface area contributed by atoms with Crippen molar-refractivity contribution >= 4 is 6.29 Å². The van der Waals surface area contributed by atoms with Crippen LogP contribution < -0.4 is 5.48 Å². The molecule has 1 unspecified atom stereocenters. The molecule has 5 heteroatoms. The van der Waals surface area contributed by atoms with Gasteiger partial charge in [0.25, 0.3) is 0 Å². The smallest absolute Gasteiger partial charge is 0.145 e. The van der Waals surface area contributed by atoms with Crippen LogP contribution in [0, 0.1) is 0 Å². The Hall–Kier alpha value is -0.490. The Kier molecular flexibility index (Phi) is 8.25. The van der Waals surface area contributed by atoms with Crippen molar-refractivity contribution in [2.75, 3.05) is 26.4 Å². The van der Waals surface area contributed by atoms with E-state index in [1.54, 1.807) is 0 Å². The van der Waals surface area contributed by atoms with Gasteiger partial charge in [0.15, 0.2) is 0 Å². The second-order valence-corrected chi connectivity index (χ2v) is 2.29. The summed E-state index contributed by atoms with van der Waals surface area (Å²) in [5.41, 5.74) is 2.00. The van der Waals surface area contributed by atoms with E-state index in [0.717, 1.165) is 0 Å². The maximum absolute atomic E-state index is 9.80. The number of carbonyl (C=O) groups excluding carboxylic acids is 1. The second-order valence-electron chi connectivity index (χ2n) is 2.29. The molecule has 0 radical (unpaired) electrons. The first-order valence-corrected chi connectivity index (χ1v) is 3.81. The molecule has 0 aliphatic heterocycles. The first kappa shape index (κ1) is 11.5. The minimum atomic E-state index is -0.0603. The highest BCUT2D eigenvalue weighted by Crippen LogP contribution is 1.87. The third-order valence-electron chi connectivity index (χ3n) is 1.19. The van der Waals surface area contributed by atoms with Crippen LogP contribution in [-0.2, 0) is 14.3 Å². The summed E-state index contributed by atoms with van der Waals surface area (Å²) in [6, 6.07) is 0. The van der Waals surface area contributed by atoms with Gasteiger partial charge in [-0.05, 0) is 6.92 Å². The van der Waals surface area contributed by atoms with Crippen molar-refractivity contribution in [3.05, 3.63) is 0 Å². The standard InChI is InChI=1S/C7H15NO4/c1-7(6-8-10)12-5-4-11-3-2-9/h2,7-8,10H,3-6H2,1H3. The van der Waals surface area contributed by atoms with E-state index in [9.17, 15) is 4.79 Å². The van der Waals surface area contributed by atoms with Gasteiger partial charge in [-0.2, -0.15) is 0 Å². The van der Waals surface area contributed by atoms with Crippen molar-refractivity contribution in [3.63, 3.8) is 0 Å². The molecule has 0 saturated heterocycles. The van der Waals surface area contributed by atoms with Crippen LogP contribution in [0.15, 0.2) is 0 Å². The quantitative estimate of drug-likeness (QED) is 0.299. The van der Waals surface area contributed by atoms with Gasteiger partial charge >= 0.3 is 0 Å². The van der Waals surface area contributed by atoms with E-state index in [4.69, 9.17) is 14.7 Å². The highest BCUT2D eigenvalue weighted by atomic mass is 16.5. The maximum atomic E-state index is 9.80. The summed E-state index contributed by atoms with van der Waals surface area (Å²) >= 11 is 0. The normalized spacial score (nSPS) is 12.8. The molecule has 0 saturated carbocycles. The molecular formula is C7H15NO4. The predicted octanol–water partition coefficient (Wildman–Crippen LogP) is -0.414. The van der Waals surface area contributed by atoms with Gasteiger partial charge in [0.2, 0.25) is 0 Å². The lowest BCUT2D eigenvalue weighted by molar-refractivity contribution is -0.112. The van der Waals surface area contributed by atoms with Crippen molar-refractivity contribution in [1.29, 1.82) is 0 Å². The minimum absolute atomic E-state index is 0.0603. The maximum Gasteiger partial charge on any atom is 0.145 e. The van der Waals surface area contributed by atoms with E-state index in [0.29, 0.717) is 26.0 Å². The number of nitrogens with one attached hydrogen (secondary N) is 1. The van der Waals surface area contributed by atoms with E-state index in [1.165, 1.54) is 0 Å². The molecule has 0 aliphatic carbocycles. The Morgan fingerprint density at radius 3 is 2.92 bits per heavy atom. The Labute approximate surface area is 71.6 Å². The number of hydrogen-bond acceptors (Lipinski definition) is 5. The van der Waals surface area contributed by atoms with E-state index < -0.39 is 0 Å². The van der Waals surface area contributed by atoms with Crippen LogP contribution in [0.2, 0.25) is 0 Å². The first-order valence-electron chi connectivity index (χ1n) is 3.81. The van der Waals surface area contributed by atoms with E-state index in [2.05, 4.69) is 0 Å². The van der Waals surface area contributed by atoms with Gasteiger partial charge in [-0.1, -0.05) is 0 Å². The van der Waals surface area contributed by atoms with Gasteiger partial charge in [0.05, 0.1) is 19.3 Å². The molecule has 0 aromatic rings. The van der Waals surface area contributed by atoms with Gasteiger partial charge in [0, 0.05) is 6.54 Å². The zero-order valence-electron chi connectivity index (χ0n) is 7.16. The van der Waals surface area contributed by atoms with Crippen molar-refractivity contribution in [1.82, 2.24) is 5.48 Å². The monoisotopic (exact) mass is 177 g/mol. The summed E-state index contributed by atoms with van der Waals surface area (Å²) in [5.74, 6) is 0. The van der Waals surface area contributed by atoms with Gasteiger partial charge in [-0.15, -0.1) is 0 Å². The molecule has 0 amide bonds. The van der Waals surface area contributed by atoms with Crippen molar-refractivity contribution in [2.24, 2.45) is 0 Å². The number of hydrogen-bond donors (Lipinski definition) is 2. The summed E-state index contributed by atoms with van der Waals surface area (Å²) in [5, 5.41) is 8.27. The number of rotatable bonds is 8. The van der Waals surface area contributed by atoms with Crippen molar-refractivity contribution in [2.45, 2.75) is 13.0 Å². The SMILES string of the molecule is CC(CNO)OCCOCC=O. The molecule has 0 aliphatic rings. The Balaban J connectivity index is 3.02. The molecule has 0 aromatic carbocycles. The predicted molar refractivity (Wildman–Crippen MR) is 42.1 cm³/mol. The van der Waals surface area contributed by atoms with Crippen molar-refractivity contribution in [3.8, 4) is 0 Å². The van der Waals surface area contributed by atoms with Gasteiger partial charge in [0.1, 0.15) is 12.9 Å². The third-order valence-corrected chi connectivity index (χ3v) is 1.19. The van der Waals surface area contributed by atoms with Gasteiger partial charge < -0.3 is 19.5 Å². The Bertz CT molecular complexity index is 110. The molecule has 1 atom stereocenters. The molecular weight excluding hydrogens is 162 g/mol. The highest BCUT2D eigenvalue weighted by molar-refractivity contribution is 5.50. The van der Waals surface area contributed by atoms with Crippen LogP contribution in [0.1, 0.15) is 6.92 Å². The lowest BCUT2D eigenvalue weighted by atomic mass is 10.4. The lowest BCUT2D eigenvalue weighted by Gasteiger charge is -2.10. The fourth-order valence-electron chi connectivity index (χ4n) is 0.627. The van der Waals surface area contributed by atoms with Crippen LogP contribution in [0.4, 0.5) is 0 Å². The molecule has 0 rings (SSSR count). The third kappa shape index (κ3) is 7.62. The molecule has 0 spiro atoms. The number of ether oxygens (including phenoxy) is 2. The second kappa shape index (κ2) is 8.61. The topological polar surface area (TPSA) is 67.8 Å². The van der Waals surface area contributed by atoms with Crippen LogP contribution in [0.25, 0.3) is 0 Å². The highest BCUT2D eigenvalue weighted by Gasteiger charge is 1.99. The molecule has 0 bridgehead atoms. The van der Waals surface area contributed by atoms with Crippen LogP contribution in [-0.4, -0.2) is 44.0 Å². The molecule has 12 heavy (non-hydrogen) atoms. The van der Waals surface area contributed by atoms with Crippen LogP contribution in [0.3, 0.4) is 0 Å². The lowest BCUT2D eigenvalue weighted by Crippen LogP contribution is -2.25. The average Bonchev–Trinajstić information content (AvgIpc) is 2.05. The molecule has 72 valence electrons. The largest absolute Gasteiger partial charge is 0.375 e. The summed E-state index contributed by atoms with van der Waals surface area (Å²) in [6.07, 6.45) is 0.633. The summed E-state index contributed by atoms with van der Waals surface area (Å²) in [7, 11) is 0. The first-order chi connectivity index (χ1) is 5.81.